The van der Waals surface area contributed by atoms with Crippen LogP contribution in [0.5, 0.6) is 0 Å². The SMILES string of the molecule is CC(=O)Nc1ccc(-c2csc(NC(=O)CCc3ccc(Cl)cc3)n2)c(F)c1. The van der Waals surface area contributed by atoms with Crippen molar-refractivity contribution in [2.24, 2.45) is 0 Å². The molecular weight excluding hydrogens is 401 g/mol. The average Bonchev–Trinajstić information content (AvgIpc) is 3.09. The second-order valence-electron chi connectivity index (χ2n) is 6.09. The molecule has 0 saturated heterocycles. The van der Waals surface area contributed by atoms with Crippen LogP contribution in [0.25, 0.3) is 11.3 Å². The van der Waals surface area contributed by atoms with Crippen molar-refractivity contribution in [1.29, 1.82) is 0 Å². The van der Waals surface area contributed by atoms with Gasteiger partial charge in [0.25, 0.3) is 0 Å². The van der Waals surface area contributed by atoms with E-state index in [-0.39, 0.29) is 11.8 Å². The molecule has 2 amide bonds. The maximum absolute atomic E-state index is 14.3. The fraction of sp³-hybridized carbons (Fsp3) is 0.150. The third-order valence-corrected chi connectivity index (χ3v) is 4.88. The first kappa shape index (κ1) is 20.0. The number of aromatic nitrogens is 1. The average molecular weight is 418 g/mol. The van der Waals surface area contributed by atoms with Crippen LogP contribution in [0, 0.1) is 5.82 Å². The van der Waals surface area contributed by atoms with E-state index in [0.717, 1.165) is 5.56 Å². The van der Waals surface area contributed by atoms with Gasteiger partial charge in [0.1, 0.15) is 5.82 Å². The summed E-state index contributed by atoms with van der Waals surface area (Å²) in [5.41, 5.74) is 2.11. The summed E-state index contributed by atoms with van der Waals surface area (Å²) in [7, 11) is 0. The highest BCUT2D eigenvalue weighted by Gasteiger charge is 2.12. The van der Waals surface area contributed by atoms with Crippen molar-refractivity contribution in [3.05, 3.63) is 64.2 Å². The Morgan fingerprint density at radius 1 is 1.14 bits per heavy atom. The quantitative estimate of drug-likeness (QED) is 0.583. The van der Waals surface area contributed by atoms with Crippen LogP contribution in [0.3, 0.4) is 0 Å². The van der Waals surface area contributed by atoms with Gasteiger partial charge >= 0.3 is 0 Å². The van der Waals surface area contributed by atoms with Crippen LogP contribution in [0.15, 0.2) is 47.8 Å². The summed E-state index contributed by atoms with van der Waals surface area (Å²) >= 11 is 7.07. The van der Waals surface area contributed by atoms with Crippen LogP contribution in [-0.2, 0) is 16.0 Å². The van der Waals surface area contributed by atoms with Crippen LogP contribution in [0.4, 0.5) is 15.2 Å². The van der Waals surface area contributed by atoms with E-state index in [2.05, 4.69) is 15.6 Å². The lowest BCUT2D eigenvalue weighted by molar-refractivity contribution is -0.116. The number of carbonyl (C=O) groups excluding carboxylic acids is 2. The molecule has 0 aliphatic rings. The molecule has 8 heteroatoms. The van der Waals surface area contributed by atoms with Crippen molar-refractivity contribution in [2.45, 2.75) is 19.8 Å². The molecular formula is C20H17ClFN3O2S. The Hall–Kier alpha value is -2.77. The number of hydrogen-bond donors (Lipinski definition) is 2. The molecule has 5 nitrogen and oxygen atoms in total. The van der Waals surface area contributed by atoms with E-state index in [0.29, 0.717) is 39.9 Å². The second-order valence-corrected chi connectivity index (χ2v) is 7.38. The predicted molar refractivity (Wildman–Crippen MR) is 110 cm³/mol. The molecule has 0 radical (unpaired) electrons. The molecule has 2 N–H and O–H groups in total. The Labute approximate surface area is 170 Å². The summed E-state index contributed by atoms with van der Waals surface area (Å²) in [5.74, 6) is -0.945. The number of rotatable bonds is 6. The Balaban J connectivity index is 1.61. The second kappa shape index (κ2) is 8.95. The molecule has 0 aliphatic carbocycles. The normalized spacial score (nSPS) is 10.5. The summed E-state index contributed by atoms with van der Waals surface area (Å²) in [6.45, 7) is 1.36. The van der Waals surface area contributed by atoms with Gasteiger partial charge in [-0.1, -0.05) is 23.7 Å². The molecule has 0 spiro atoms. The van der Waals surface area contributed by atoms with Crippen molar-refractivity contribution >= 4 is 45.6 Å². The summed E-state index contributed by atoms with van der Waals surface area (Å²) < 4.78 is 14.3. The van der Waals surface area contributed by atoms with Crippen molar-refractivity contribution in [1.82, 2.24) is 4.98 Å². The molecule has 2 aromatic carbocycles. The minimum absolute atomic E-state index is 0.169. The molecule has 3 aromatic rings. The number of anilines is 2. The minimum atomic E-state index is -0.503. The summed E-state index contributed by atoms with van der Waals surface area (Å²) in [4.78, 5) is 27.5. The third-order valence-electron chi connectivity index (χ3n) is 3.87. The third kappa shape index (κ3) is 5.37. The van der Waals surface area contributed by atoms with Crippen LogP contribution in [0.1, 0.15) is 18.9 Å². The number of aryl methyl sites for hydroxylation is 1. The fourth-order valence-corrected chi connectivity index (χ4v) is 3.40. The number of thiazole rings is 1. The van der Waals surface area contributed by atoms with E-state index in [9.17, 15) is 14.0 Å². The largest absolute Gasteiger partial charge is 0.326 e. The van der Waals surface area contributed by atoms with Gasteiger partial charge in [-0.25, -0.2) is 9.37 Å². The number of benzene rings is 2. The van der Waals surface area contributed by atoms with E-state index in [1.807, 2.05) is 12.1 Å². The zero-order valence-corrected chi connectivity index (χ0v) is 16.5. The number of carbonyl (C=O) groups is 2. The molecule has 0 atom stereocenters. The van der Waals surface area contributed by atoms with Gasteiger partial charge in [-0.2, -0.15) is 0 Å². The lowest BCUT2D eigenvalue weighted by Crippen LogP contribution is -2.12. The standard InChI is InChI=1S/C20H17ClFN3O2S/c1-12(26)23-15-7-8-16(17(22)10-15)18-11-28-20(24-18)25-19(27)9-4-13-2-5-14(21)6-3-13/h2-3,5-8,10-11H,4,9H2,1H3,(H,23,26)(H,24,25,27). The first-order valence-corrected chi connectivity index (χ1v) is 9.74. The van der Waals surface area contributed by atoms with Gasteiger partial charge in [0, 0.05) is 35.0 Å². The fourth-order valence-electron chi connectivity index (χ4n) is 2.55. The Bertz CT molecular complexity index is 1000. The van der Waals surface area contributed by atoms with Crippen molar-refractivity contribution in [3.8, 4) is 11.3 Å². The van der Waals surface area contributed by atoms with Gasteiger partial charge < -0.3 is 10.6 Å². The summed E-state index contributed by atoms with van der Waals surface area (Å²) in [6, 6.07) is 11.7. The summed E-state index contributed by atoms with van der Waals surface area (Å²) in [5, 5.41) is 7.99. The van der Waals surface area contributed by atoms with E-state index in [4.69, 9.17) is 11.6 Å². The highest BCUT2D eigenvalue weighted by atomic mass is 35.5. The van der Waals surface area contributed by atoms with Gasteiger partial charge in [-0.05, 0) is 42.3 Å². The first-order chi connectivity index (χ1) is 13.4. The maximum atomic E-state index is 14.3. The summed E-state index contributed by atoms with van der Waals surface area (Å²) in [6.07, 6.45) is 0.886. The molecule has 0 bridgehead atoms. The minimum Gasteiger partial charge on any atom is -0.326 e. The molecule has 1 heterocycles. The van der Waals surface area contributed by atoms with Gasteiger partial charge in [-0.3, -0.25) is 9.59 Å². The van der Waals surface area contributed by atoms with E-state index in [1.54, 1.807) is 29.6 Å². The maximum Gasteiger partial charge on any atom is 0.226 e. The van der Waals surface area contributed by atoms with Gasteiger partial charge in [0.2, 0.25) is 11.8 Å². The number of nitrogens with one attached hydrogen (secondary N) is 2. The predicted octanol–water partition coefficient (Wildman–Crippen LogP) is 5.13. The number of hydrogen-bond acceptors (Lipinski definition) is 4. The molecule has 144 valence electrons. The zero-order chi connectivity index (χ0) is 20.1. The van der Waals surface area contributed by atoms with Gasteiger partial charge in [-0.15, -0.1) is 11.3 Å². The zero-order valence-electron chi connectivity index (χ0n) is 15.0. The van der Waals surface area contributed by atoms with Crippen molar-refractivity contribution < 1.29 is 14.0 Å². The van der Waals surface area contributed by atoms with Crippen molar-refractivity contribution in [3.63, 3.8) is 0 Å². The molecule has 1 aromatic heterocycles. The molecule has 0 saturated carbocycles. The van der Waals surface area contributed by atoms with Crippen LogP contribution in [-0.4, -0.2) is 16.8 Å². The number of halogens is 2. The van der Waals surface area contributed by atoms with Crippen LogP contribution in [0.2, 0.25) is 5.02 Å². The molecule has 28 heavy (non-hydrogen) atoms. The van der Waals surface area contributed by atoms with E-state index in [1.165, 1.54) is 24.3 Å². The van der Waals surface area contributed by atoms with Gasteiger partial charge in [0.05, 0.1) is 5.69 Å². The lowest BCUT2D eigenvalue weighted by atomic mass is 10.1. The topological polar surface area (TPSA) is 71.1 Å². The number of amides is 2. The monoisotopic (exact) mass is 417 g/mol. The molecule has 3 rings (SSSR count). The van der Waals surface area contributed by atoms with Gasteiger partial charge in [0.15, 0.2) is 5.13 Å². The van der Waals surface area contributed by atoms with Crippen LogP contribution >= 0.6 is 22.9 Å². The number of nitrogens with zero attached hydrogens (tertiary/aromatic N) is 1. The molecule has 0 aliphatic heterocycles. The van der Waals surface area contributed by atoms with Crippen molar-refractivity contribution in [2.75, 3.05) is 10.6 Å². The Kier molecular flexibility index (Phi) is 6.38. The van der Waals surface area contributed by atoms with Crippen LogP contribution < -0.4 is 10.6 Å². The first-order valence-electron chi connectivity index (χ1n) is 8.48. The molecule has 0 fully saturated rings. The smallest absolute Gasteiger partial charge is 0.226 e. The van der Waals surface area contributed by atoms with E-state index < -0.39 is 5.82 Å². The molecule has 0 unspecified atom stereocenters. The highest BCUT2D eigenvalue weighted by Crippen LogP contribution is 2.28. The Morgan fingerprint density at radius 2 is 1.89 bits per heavy atom. The lowest BCUT2D eigenvalue weighted by Gasteiger charge is -2.05. The van der Waals surface area contributed by atoms with E-state index >= 15 is 0 Å². The highest BCUT2D eigenvalue weighted by molar-refractivity contribution is 7.14. The Morgan fingerprint density at radius 3 is 2.57 bits per heavy atom.